The zero-order valence-corrected chi connectivity index (χ0v) is 9.29. The van der Waals surface area contributed by atoms with Crippen LogP contribution >= 0.6 is 0 Å². The fourth-order valence-corrected chi connectivity index (χ4v) is 2.20. The van der Waals surface area contributed by atoms with Gasteiger partial charge in [-0.25, -0.2) is 0 Å². The molecule has 0 bridgehead atoms. The van der Waals surface area contributed by atoms with Gasteiger partial charge in [0.15, 0.2) is 0 Å². The minimum atomic E-state index is 0.683. The molecule has 0 spiro atoms. The van der Waals surface area contributed by atoms with Gasteiger partial charge in [-0.2, -0.15) is 0 Å². The van der Waals surface area contributed by atoms with E-state index < -0.39 is 0 Å². The average molecular weight is 184 g/mol. The topological polar surface area (TPSA) is 29.3 Å². The van der Waals surface area contributed by atoms with E-state index >= 15 is 0 Å². The SMILES string of the molecule is CC(CN)CCN1CC(C)CC1C. The molecule has 3 atom stereocenters. The van der Waals surface area contributed by atoms with Crippen LogP contribution in [0.1, 0.15) is 33.6 Å². The Morgan fingerprint density at radius 2 is 2.15 bits per heavy atom. The van der Waals surface area contributed by atoms with E-state index in [1.807, 2.05) is 0 Å². The van der Waals surface area contributed by atoms with Crippen molar-refractivity contribution in [2.75, 3.05) is 19.6 Å². The molecule has 1 fully saturated rings. The molecule has 1 rings (SSSR count). The molecule has 2 heteroatoms. The van der Waals surface area contributed by atoms with Gasteiger partial charge >= 0.3 is 0 Å². The van der Waals surface area contributed by atoms with Crippen LogP contribution in [0, 0.1) is 11.8 Å². The summed E-state index contributed by atoms with van der Waals surface area (Å²) in [7, 11) is 0. The van der Waals surface area contributed by atoms with E-state index in [1.165, 1.54) is 25.9 Å². The normalized spacial score (nSPS) is 32.3. The lowest BCUT2D eigenvalue weighted by Gasteiger charge is -2.22. The first kappa shape index (κ1) is 11.0. The Morgan fingerprint density at radius 3 is 2.62 bits per heavy atom. The van der Waals surface area contributed by atoms with Crippen LogP contribution in [0.25, 0.3) is 0 Å². The summed E-state index contributed by atoms with van der Waals surface area (Å²) in [6.45, 7) is 10.3. The van der Waals surface area contributed by atoms with Crippen molar-refractivity contribution in [1.29, 1.82) is 0 Å². The molecule has 1 heterocycles. The fraction of sp³-hybridized carbons (Fsp3) is 1.00. The molecule has 3 unspecified atom stereocenters. The minimum Gasteiger partial charge on any atom is -0.330 e. The highest BCUT2D eigenvalue weighted by Crippen LogP contribution is 2.22. The highest BCUT2D eigenvalue weighted by Gasteiger charge is 2.25. The van der Waals surface area contributed by atoms with Crippen molar-refractivity contribution < 1.29 is 0 Å². The van der Waals surface area contributed by atoms with E-state index in [4.69, 9.17) is 5.73 Å². The van der Waals surface area contributed by atoms with Gasteiger partial charge in [0.1, 0.15) is 0 Å². The van der Waals surface area contributed by atoms with E-state index in [0.29, 0.717) is 5.92 Å². The Morgan fingerprint density at radius 1 is 1.46 bits per heavy atom. The summed E-state index contributed by atoms with van der Waals surface area (Å²) in [5.74, 6) is 1.58. The first-order valence-electron chi connectivity index (χ1n) is 5.57. The number of nitrogens with two attached hydrogens (primary N) is 1. The molecule has 1 aliphatic rings. The standard InChI is InChI=1S/C11H24N2/c1-9(7-12)4-5-13-8-10(2)6-11(13)3/h9-11H,4-8,12H2,1-3H3. The van der Waals surface area contributed by atoms with Crippen LogP contribution in [0.3, 0.4) is 0 Å². The van der Waals surface area contributed by atoms with Crippen LogP contribution in [0.2, 0.25) is 0 Å². The molecule has 0 amide bonds. The third kappa shape index (κ3) is 3.28. The second kappa shape index (κ2) is 4.97. The first-order chi connectivity index (χ1) is 6.13. The van der Waals surface area contributed by atoms with Crippen molar-refractivity contribution in [2.24, 2.45) is 17.6 Å². The zero-order chi connectivity index (χ0) is 9.84. The highest BCUT2D eigenvalue weighted by atomic mass is 15.2. The Labute approximate surface area is 82.5 Å². The minimum absolute atomic E-state index is 0.683. The zero-order valence-electron chi connectivity index (χ0n) is 9.29. The number of rotatable bonds is 4. The molecule has 0 aromatic heterocycles. The molecule has 0 aliphatic carbocycles. The van der Waals surface area contributed by atoms with Crippen molar-refractivity contribution in [2.45, 2.75) is 39.7 Å². The molecule has 2 N–H and O–H groups in total. The Hall–Kier alpha value is -0.0800. The average Bonchev–Trinajstić information content (AvgIpc) is 2.41. The van der Waals surface area contributed by atoms with Crippen molar-refractivity contribution in [3.63, 3.8) is 0 Å². The van der Waals surface area contributed by atoms with Crippen molar-refractivity contribution in [3.05, 3.63) is 0 Å². The lowest BCUT2D eigenvalue weighted by Crippen LogP contribution is -2.30. The van der Waals surface area contributed by atoms with Gasteiger partial charge in [-0.3, -0.25) is 0 Å². The molecule has 0 radical (unpaired) electrons. The monoisotopic (exact) mass is 184 g/mol. The van der Waals surface area contributed by atoms with E-state index in [9.17, 15) is 0 Å². The maximum absolute atomic E-state index is 5.60. The highest BCUT2D eigenvalue weighted by molar-refractivity contribution is 4.80. The van der Waals surface area contributed by atoms with Crippen LogP contribution < -0.4 is 5.73 Å². The van der Waals surface area contributed by atoms with Gasteiger partial charge in [0.25, 0.3) is 0 Å². The van der Waals surface area contributed by atoms with Gasteiger partial charge in [-0.15, -0.1) is 0 Å². The Kier molecular flexibility index (Phi) is 4.20. The van der Waals surface area contributed by atoms with Crippen molar-refractivity contribution in [1.82, 2.24) is 4.90 Å². The van der Waals surface area contributed by atoms with Gasteiger partial charge in [-0.1, -0.05) is 13.8 Å². The molecular weight excluding hydrogens is 160 g/mol. The van der Waals surface area contributed by atoms with E-state index in [0.717, 1.165) is 18.5 Å². The van der Waals surface area contributed by atoms with Crippen LogP contribution in [0.4, 0.5) is 0 Å². The third-order valence-electron chi connectivity index (χ3n) is 3.22. The largest absolute Gasteiger partial charge is 0.330 e. The van der Waals surface area contributed by atoms with E-state index in [1.54, 1.807) is 0 Å². The van der Waals surface area contributed by atoms with Gasteiger partial charge in [0.2, 0.25) is 0 Å². The quantitative estimate of drug-likeness (QED) is 0.720. The molecule has 0 aromatic carbocycles. The summed E-state index contributed by atoms with van der Waals surface area (Å²) >= 11 is 0. The molecule has 1 saturated heterocycles. The van der Waals surface area contributed by atoms with Crippen LogP contribution in [-0.2, 0) is 0 Å². The molecule has 0 aromatic rings. The van der Waals surface area contributed by atoms with Gasteiger partial charge in [0.05, 0.1) is 0 Å². The van der Waals surface area contributed by atoms with Gasteiger partial charge in [0, 0.05) is 12.6 Å². The predicted molar refractivity (Wildman–Crippen MR) is 57.7 cm³/mol. The number of hydrogen-bond acceptors (Lipinski definition) is 2. The van der Waals surface area contributed by atoms with Crippen molar-refractivity contribution in [3.8, 4) is 0 Å². The lowest BCUT2D eigenvalue weighted by molar-refractivity contribution is 0.247. The summed E-state index contributed by atoms with van der Waals surface area (Å²) in [4.78, 5) is 2.61. The summed E-state index contributed by atoms with van der Waals surface area (Å²) in [5, 5.41) is 0. The molecule has 2 nitrogen and oxygen atoms in total. The fourth-order valence-electron chi connectivity index (χ4n) is 2.20. The lowest BCUT2D eigenvalue weighted by atomic mass is 10.1. The van der Waals surface area contributed by atoms with Gasteiger partial charge in [-0.05, 0) is 44.7 Å². The summed E-state index contributed by atoms with van der Waals surface area (Å²) in [6, 6.07) is 0.792. The second-order valence-electron chi connectivity index (χ2n) is 4.81. The summed E-state index contributed by atoms with van der Waals surface area (Å²) in [5.41, 5.74) is 5.60. The first-order valence-corrected chi connectivity index (χ1v) is 5.57. The maximum atomic E-state index is 5.60. The maximum Gasteiger partial charge on any atom is 0.00700 e. The van der Waals surface area contributed by atoms with Gasteiger partial charge < -0.3 is 10.6 Å². The smallest absolute Gasteiger partial charge is 0.00700 e. The molecule has 0 saturated carbocycles. The number of nitrogens with zero attached hydrogens (tertiary/aromatic N) is 1. The van der Waals surface area contributed by atoms with Crippen LogP contribution in [0.5, 0.6) is 0 Å². The molecule has 13 heavy (non-hydrogen) atoms. The Balaban J connectivity index is 2.21. The van der Waals surface area contributed by atoms with Crippen molar-refractivity contribution >= 4 is 0 Å². The molecular formula is C11H24N2. The van der Waals surface area contributed by atoms with Crippen LogP contribution in [0.15, 0.2) is 0 Å². The summed E-state index contributed by atoms with van der Waals surface area (Å²) < 4.78 is 0. The third-order valence-corrected chi connectivity index (χ3v) is 3.22. The molecule has 1 aliphatic heterocycles. The molecule has 78 valence electrons. The van der Waals surface area contributed by atoms with Crippen LogP contribution in [-0.4, -0.2) is 30.6 Å². The van der Waals surface area contributed by atoms with E-state index in [-0.39, 0.29) is 0 Å². The Bertz CT molecular complexity index is 147. The number of hydrogen-bond donors (Lipinski definition) is 1. The van der Waals surface area contributed by atoms with E-state index in [2.05, 4.69) is 25.7 Å². The predicted octanol–water partition coefficient (Wildman–Crippen LogP) is 1.70. The summed E-state index contributed by atoms with van der Waals surface area (Å²) in [6.07, 6.45) is 2.63. The second-order valence-corrected chi connectivity index (χ2v) is 4.81. The number of likely N-dealkylation sites (tertiary alicyclic amines) is 1.